The molecule has 4 rings (SSSR count). The number of alkyl halides is 6. The largest absolute Gasteiger partial charge is 0.490 e. The van der Waals surface area contributed by atoms with E-state index in [1.165, 1.54) is 0 Å². The highest BCUT2D eigenvalue weighted by Gasteiger charge is 2.40. The molecule has 0 aliphatic carbocycles. The van der Waals surface area contributed by atoms with Crippen LogP contribution >= 0.6 is 0 Å². The summed E-state index contributed by atoms with van der Waals surface area (Å²) in [6, 6.07) is 6.05. The molecule has 16 heteroatoms. The number of piperidine rings is 1. The lowest BCUT2D eigenvalue weighted by Gasteiger charge is -2.43. The van der Waals surface area contributed by atoms with Crippen molar-refractivity contribution in [1.29, 1.82) is 0 Å². The first-order valence-electron chi connectivity index (χ1n) is 12.0. The molecule has 0 radical (unpaired) electrons. The van der Waals surface area contributed by atoms with Crippen LogP contribution in [0.1, 0.15) is 31.4 Å². The Morgan fingerprint density at radius 3 is 2.15 bits per heavy atom. The van der Waals surface area contributed by atoms with E-state index in [0.29, 0.717) is 25.2 Å². The molecule has 220 valence electrons. The minimum Gasteiger partial charge on any atom is -0.475 e. The molecule has 0 saturated carbocycles. The number of aliphatic carboxylic acids is 2. The van der Waals surface area contributed by atoms with Crippen LogP contribution in [0.3, 0.4) is 0 Å². The summed E-state index contributed by atoms with van der Waals surface area (Å²) < 4.78 is 69.5. The molecule has 0 spiro atoms. The number of aromatic nitrogens is 1. The summed E-state index contributed by atoms with van der Waals surface area (Å²) in [6.45, 7) is 4.80. The number of amides is 1. The first kappa shape index (κ1) is 32.2. The molecule has 0 aromatic carbocycles. The quantitative estimate of drug-likeness (QED) is 0.524. The Morgan fingerprint density at radius 1 is 1.00 bits per heavy atom. The lowest BCUT2D eigenvalue weighted by atomic mass is 9.83. The molecule has 4 heterocycles. The van der Waals surface area contributed by atoms with Gasteiger partial charge in [-0.1, -0.05) is 6.07 Å². The second-order valence-corrected chi connectivity index (χ2v) is 9.00. The number of carbonyl (C=O) groups is 3. The van der Waals surface area contributed by atoms with E-state index in [1.807, 2.05) is 18.3 Å². The average Bonchev–Trinajstić information content (AvgIpc) is 2.88. The third kappa shape index (κ3) is 11.0. The molecule has 1 aromatic rings. The number of hydroxylamine groups is 2. The van der Waals surface area contributed by atoms with Crippen molar-refractivity contribution in [2.45, 2.75) is 50.7 Å². The number of likely N-dealkylation sites (tertiary alicyclic amines) is 1. The van der Waals surface area contributed by atoms with Crippen LogP contribution in [0.25, 0.3) is 0 Å². The Kier molecular flexibility index (Phi) is 11.9. The van der Waals surface area contributed by atoms with E-state index >= 15 is 0 Å². The number of halogens is 6. The first-order chi connectivity index (χ1) is 18.2. The Labute approximate surface area is 219 Å². The second-order valence-electron chi connectivity index (χ2n) is 9.00. The zero-order valence-corrected chi connectivity index (χ0v) is 20.7. The third-order valence-electron chi connectivity index (χ3n) is 6.04. The van der Waals surface area contributed by atoms with Crippen molar-refractivity contribution in [3.63, 3.8) is 0 Å². The predicted molar refractivity (Wildman–Crippen MR) is 120 cm³/mol. The van der Waals surface area contributed by atoms with Crippen LogP contribution in [0.4, 0.5) is 26.3 Å². The normalized spacial score (nSPS) is 23.7. The number of fused-ring (bicyclic) bond motifs is 1. The molecule has 1 amide bonds. The standard InChI is InChI=1S/C19H27N3O3.2C2HF3O2/c23-19(22-8-3-4-10-25-22)16-11-15-12-21(9-6-18(15)24-14-16)13-17-5-1-2-7-20-17;2*3-2(4,5)1(6)7/h1-2,5,7,15-16,18H,3-4,6,8-14H2;2*(H,6,7)/t15-,16-,18+;;/m1../s1. The number of carboxylic acid groups (broad SMARTS) is 2. The highest BCUT2D eigenvalue weighted by molar-refractivity contribution is 5.78. The van der Waals surface area contributed by atoms with Gasteiger partial charge in [0.05, 0.1) is 30.9 Å². The number of carbonyl (C=O) groups excluding carboxylic acids is 1. The van der Waals surface area contributed by atoms with Crippen LogP contribution in [0.15, 0.2) is 24.4 Å². The highest BCUT2D eigenvalue weighted by Crippen LogP contribution is 2.33. The molecule has 3 aliphatic heterocycles. The van der Waals surface area contributed by atoms with Gasteiger partial charge in [-0.05, 0) is 43.7 Å². The van der Waals surface area contributed by atoms with Crippen LogP contribution in [0.2, 0.25) is 0 Å². The van der Waals surface area contributed by atoms with Crippen molar-refractivity contribution in [1.82, 2.24) is 14.9 Å². The number of nitrogens with zero attached hydrogens (tertiary/aromatic N) is 3. The topological polar surface area (TPSA) is 129 Å². The fourth-order valence-electron chi connectivity index (χ4n) is 4.22. The summed E-state index contributed by atoms with van der Waals surface area (Å²) >= 11 is 0. The molecule has 0 unspecified atom stereocenters. The average molecular weight is 573 g/mol. The second kappa shape index (κ2) is 14.4. The van der Waals surface area contributed by atoms with E-state index in [0.717, 1.165) is 57.6 Å². The van der Waals surface area contributed by atoms with Gasteiger partial charge < -0.3 is 14.9 Å². The van der Waals surface area contributed by atoms with Gasteiger partial charge >= 0.3 is 24.3 Å². The van der Waals surface area contributed by atoms with Gasteiger partial charge in [-0.3, -0.25) is 19.5 Å². The van der Waals surface area contributed by atoms with Crippen LogP contribution in [-0.2, 0) is 30.5 Å². The number of rotatable bonds is 3. The van der Waals surface area contributed by atoms with E-state index in [4.69, 9.17) is 29.4 Å². The van der Waals surface area contributed by atoms with E-state index in [-0.39, 0.29) is 11.8 Å². The van der Waals surface area contributed by atoms with Crippen molar-refractivity contribution in [2.24, 2.45) is 11.8 Å². The SMILES string of the molecule is O=C(O)C(F)(F)F.O=C(O)C(F)(F)F.O=C([C@H]1CO[C@H]2CCN(Cc3ccccn3)C[C@H]2C1)N1CCCCO1. The Morgan fingerprint density at radius 2 is 1.64 bits per heavy atom. The molecule has 3 atom stereocenters. The Hall–Kier alpha value is -2.98. The molecule has 2 N–H and O–H groups in total. The zero-order valence-electron chi connectivity index (χ0n) is 20.7. The van der Waals surface area contributed by atoms with Crippen molar-refractivity contribution in [3.05, 3.63) is 30.1 Å². The van der Waals surface area contributed by atoms with E-state index < -0.39 is 24.3 Å². The number of hydrogen-bond donors (Lipinski definition) is 2. The van der Waals surface area contributed by atoms with Gasteiger partial charge in [0, 0.05) is 32.4 Å². The monoisotopic (exact) mass is 573 g/mol. The molecule has 1 aromatic heterocycles. The number of pyridine rings is 1. The lowest BCUT2D eigenvalue weighted by Crippen LogP contribution is -2.51. The summed E-state index contributed by atoms with van der Waals surface area (Å²) in [5, 5.41) is 15.8. The molecular formula is C23H29F6N3O7. The number of ether oxygens (including phenoxy) is 1. The molecular weight excluding hydrogens is 544 g/mol. The molecule has 3 fully saturated rings. The van der Waals surface area contributed by atoms with Gasteiger partial charge in [-0.2, -0.15) is 26.3 Å². The summed E-state index contributed by atoms with van der Waals surface area (Å²) in [5.74, 6) is -5.04. The maximum absolute atomic E-state index is 12.7. The predicted octanol–water partition coefficient (Wildman–Crippen LogP) is 3.13. The molecule has 10 nitrogen and oxygen atoms in total. The lowest BCUT2D eigenvalue weighted by molar-refractivity contribution is -0.208. The van der Waals surface area contributed by atoms with Gasteiger partial charge in [0.2, 0.25) is 0 Å². The Balaban J connectivity index is 0.000000317. The first-order valence-corrected chi connectivity index (χ1v) is 12.0. The van der Waals surface area contributed by atoms with Crippen LogP contribution in [-0.4, -0.2) is 94.3 Å². The summed E-state index contributed by atoms with van der Waals surface area (Å²) in [4.78, 5) is 42.9. The number of carboxylic acids is 2. The minimum atomic E-state index is -5.08. The highest BCUT2D eigenvalue weighted by atomic mass is 19.4. The van der Waals surface area contributed by atoms with Crippen molar-refractivity contribution < 1.29 is 60.5 Å². The fourth-order valence-corrected chi connectivity index (χ4v) is 4.22. The van der Waals surface area contributed by atoms with Gasteiger partial charge in [0.25, 0.3) is 5.91 Å². The minimum absolute atomic E-state index is 0.0610. The molecule has 3 saturated heterocycles. The Bertz CT molecular complexity index is 918. The van der Waals surface area contributed by atoms with Gasteiger partial charge in [0.15, 0.2) is 0 Å². The summed E-state index contributed by atoms with van der Waals surface area (Å²) in [5.41, 5.74) is 1.10. The van der Waals surface area contributed by atoms with Crippen molar-refractivity contribution in [2.75, 3.05) is 32.8 Å². The van der Waals surface area contributed by atoms with Gasteiger partial charge in [-0.15, -0.1) is 0 Å². The van der Waals surface area contributed by atoms with Gasteiger partial charge in [-0.25, -0.2) is 14.7 Å². The van der Waals surface area contributed by atoms with Crippen LogP contribution in [0.5, 0.6) is 0 Å². The van der Waals surface area contributed by atoms with Crippen molar-refractivity contribution in [3.8, 4) is 0 Å². The van der Waals surface area contributed by atoms with E-state index in [1.54, 1.807) is 5.06 Å². The summed E-state index contributed by atoms with van der Waals surface area (Å²) in [6.07, 6.45) is -4.01. The smallest absolute Gasteiger partial charge is 0.475 e. The molecule has 0 bridgehead atoms. The maximum Gasteiger partial charge on any atom is 0.490 e. The van der Waals surface area contributed by atoms with E-state index in [2.05, 4.69) is 16.0 Å². The van der Waals surface area contributed by atoms with E-state index in [9.17, 15) is 31.1 Å². The van der Waals surface area contributed by atoms with Crippen LogP contribution in [0, 0.1) is 11.8 Å². The third-order valence-corrected chi connectivity index (χ3v) is 6.04. The summed E-state index contributed by atoms with van der Waals surface area (Å²) in [7, 11) is 0. The fraction of sp³-hybridized carbons (Fsp3) is 0.652. The molecule has 3 aliphatic rings. The maximum atomic E-state index is 12.7. The number of hydrogen-bond acceptors (Lipinski definition) is 7. The van der Waals surface area contributed by atoms with Gasteiger partial charge in [0.1, 0.15) is 0 Å². The van der Waals surface area contributed by atoms with Crippen LogP contribution < -0.4 is 0 Å². The zero-order chi connectivity index (χ0) is 29.2. The molecule has 39 heavy (non-hydrogen) atoms. The van der Waals surface area contributed by atoms with Crippen molar-refractivity contribution >= 4 is 17.8 Å².